The van der Waals surface area contributed by atoms with Crippen LogP contribution < -0.4 is 4.90 Å². The first-order valence-corrected chi connectivity index (χ1v) is 17.1. The quantitative estimate of drug-likeness (QED) is 0.185. The van der Waals surface area contributed by atoms with Crippen molar-refractivity contribution in [1.82, 2.24) is 0 Å². The van der Waals surface area contributed by atoms with Gasteiger partial charge in [-0.1, -0.05) is 129 Å². The van der Waals surface area contributed by atoms with E-state index in [0.29, 0.717) is 0 Å². The summed E-state index contributed by atoms with van der Waals surface area (Å²) in [6, 6.07) is 60.1. The van der Waals surface area contributed by atoms with Crippen molar-refractivity contribution in [2.75, 3.05) is 4.90 Å². The van der Waals surface area contributed by atoms with E-state index in [-0.39, 0.29) is 5.41 Å². The number of hydrogen-bond donors (Lipinski definition) is 0. The van der Waals surface area contributed by atoms with Gasteiger partial charge in [-0.15, -0.1) is 11.3 Å². The lowest BCUT2D eigenvalue weighted by molar-refractivity contribution is 0.660. The zero-order chi connectivity index (χ0) is 31.5. The Kier molecular flexibility index (Phi) is 6.41. The van der Waals surface area contributed by atoms with Crippen molar-refractivity contribution in [2.45, 2.75) is 19.3 Å². The van der Waals surface area contributed by atoms with Crippen LogP contribution in [0.1, 0.15) is 25.0 Å². The number of thiophene rings is 1. The summed E-state index contributed by atoms with van der Waals surface area (Å²) >= 11 is 1.87. The highest BCUT2D eigenvalue weighted by molar-refractivity contribution is 7.25. The number of hydrogen-bond acceptors (Lipinski definition) is 2. The molecule has 1 nitrogen and oxygen atoms in total. The molecule has 9 rings (SSSR count). The van der Waals surface area contributed by atoms with Crippen molar-refractivity contribution < 1.29 is 0 Å². The fourth-order valence-corrected chi connectivity index (χ4v) is 8.66. The molecule has 8 aromatic rings. The molecule has 0 unspecified atom stereocenters. The average Bonchev–Trinajstić information content (AvgIpc) is 3.61. The van der Waals surface area contributed by atoms with Gasteiger partial charge in [0.2, 0.25) is 0 Å². The number of fused-ring (bicyclic) bond motifs is 6. The van der Waals surface area contributed by atoms with Crippen LogP contribution in [0, 0.1) is 0 Å². The highest BCUT2D eigenvalue weighted by atomic mass is 32.1. The number of para-hydroxylation sites is 2. The molecule has 0 amide bonds. The Labute approximate surface area is 280 Å². The Morgan fingerprint density at radius 1 is 0.426 bits per heavy atom. The fraction of sp³-hybridized carbons (Fsp3) is 0.0667. The molecule has 1 heterocycles. The maximum Gasteiger partial charge on any atom is 0.0540 e. The largest absolute Gasteiger partial charge is 0.310 e. The third-order valence-corrected chi connectivity index (χ3v) is 11.0. The standard InChI is InChI=1S/C45H33NS/c1-45(2)40-17-9-6-15-36(40)39-28-32(23-27-41(39)45)35-14-7-10-18-42(35)46(33-12-4-3-5-13-33)34-24-20-30(21-25-34)31-22-26-38-37-16-8-11-19-43(37)47-44(38)29-31/h3-29H,1-2H3. The van der Waals surface area contributed by atoms with E-state index in [0.717, 1.165) is 17.1 Å². The van der Waals surface area contributed by atoms with Gasteiger partial charge in [0.15, 0.2) is 0 Å². The van der Waals surface area contributed by atoms with E-state index in [4.69, 9.17) is 0 Å². The van der Waals surface area contributed by atoms with Gasteiger partial charge in [-0.25, -0.2) is 0 Å². The van der Waals surface area contributed by atoms with Crippen LogP contribution in [0.15, 0.2) is 164 Å². The lowest BCUT2D eigenvalue weighted by Gasteiger charge is -2.28. The maximum absolute atomic E-state index is 2.40. The molecular formula is C45H33NS. The van der Waals surface area contributed by atoms with Crippen LogP contribution >= 0.6 is 11.3 Å². The van der Waals surface area contributed by atoms with Crippen molar-refractivity contribution in [1.29, 1.82) is 0 Å². The number of benzene rings is 7. The molecular weight excluding hydrogens is 587 g/mol. The van der Waals surface area contributed by atoms with Gasteiger partial charge >= 0.3 is 0 Å². The van der Waals surface area contributed by atoms with Crippen LogP contribution in [0.2, 0.25) is 0 Å². The first-order chi connectivity index (χ1) is 23.1. The molecule has 224 valence electrons. The molecule has 0 aliphatic heterocycles. The Morgan fingerprint density at radius 2 is 1.04 bits per heavy atom. The van der Waals surface area contributed by atoms with E-state index in [2.05, 4.69) is 183 Å². The van der Waals surface area contributed by atoms with Crippen molar-refractivity contribution >= 4 is 48.6 Å². The number of rotatable bonds is 5. The van der Waals surface area contributed by atoms with Crippen LogP contribution in [-0.2, 0) is 5.41 Å². The van der Waals surface area contributed by atoms with E-state index < -0.39 is 0 Å². The van der Waals surface area contributed by atoms with E-state index in [1.165, 1.54) is 64.7 Å². The van der Waals surface area contributed by atoms with Crippen molar-refractivity contribution in [3.05, 3.63) is 175 Å². The topological polar surface area (TPSA) is 3.24 Å². The van der Waals surface area contributed by atoms with Crippen LogP contribution in [0.25, 0.3) is 53.6 Å². The summed E-state index contributed by atoms with van der Waals surface area (Å²) in [6.45, 7) is 4.68. The second kappa shape index (κ2) is 10.8. The predicted molar refractivity (Wildman–Crippen MR) is 202 cm³/mol. The maximum atomic E-state index is 2.40. The minimum absolute atomic E-state index is 0.0106. The Hall–Kier alpha value is -5.44. The monoisotopic (exact) mass is 619 g/mol. The van der Waals surface area contributed by atoms with Crippen LogP contribution in [0.5, 0.6) is 0 Å². The molecule has 0 bridgehead atoms. The van der Waals surface area contributed by atoms with Crippen molar-refractivity contribution in [3.8, 4) is 33.4 Å². The SMILES string of the molecule is CC1(C)c2ccccc2-c2cc(-c3ccccc3N(c3ccccc3)c3ccc(-c4ccc5c(c4)sc4ccccc45)cc3)ccc21. The second-order valence-corrected chi connectivity index (χ2v) is 14.1. The van der Waals surface area contributed by atoms with Gasteiger partial charge in [0.05, 0.1) is 5.69 Å². The minimum atomic E-state index is -0.0106. The summed E-state index contributed by atoms with van der Waals surface area (Å²) in [5, 5.41) is 2.67. The molecule has 0 atom stereocenters. The smallest absolute Gasteiger partial charge is 0.0540 e. The molecule has 0 spiro atoms. The van der Waals surface area contributed by atoms with Gasteiger partial charge < -0.3 is 4.90 Å². The molecule has 0 saturated carbocycles. The minimum Gasteiger partial charge on any atom is -0.310 e. The second-order valence-electron chi connectivity index (χ2n) is 13.0. The molecule has 0 fully saturated rings. The summed E-state index contributed by atoms with van der Waals surface area (Å²) in [5.74, 6) is 0. The summed E-state index contributed by atoms with van der Waals surface area (Å²) < 4.78 is 2.66. The van der Waals surface area contributed by atoms with E-state index in [9.17, 15) is 0 Å². The van der Waals surface area contributed by atoms with Crippen molar-refractivity contribution in [2.24, 2.45) is 0 Å². The lowest BCUT2D eigenvalue weighted by atomic mass is 9.82. The molecule has 7 aromatic carbocycles. The Bertz CT molecular complexity index is 2430. The van der Waals surface area contributed by atoms with E-state index >= 15 is 0 Å². The molecule has 1 aromatic heterocycles. The van der Waals surface area contributed by atoms with E-state index in [1.54, 1.807) is 0 Å². The summed E-state index contributed by atoms with van der Waals surface area (Å²) in [5.41, 5.74) is 13.8. The van der Waals surface area contributed by atoms with Crippen LogP contribution in [0.4, 0.5) is 17.1 Å². The lowest BCUT2D eigenvalue weighted by Crippen LogP contribution is -2.14. The number of nitrogens with zero attached hydrogens (tertiary/aromatic N) is 1. The first-order valence-electron chi connectivity index (χ1n) is 16.3. The third-order valence-electron chi connectivity index (χ3n) is 9.89. The Morgan fingerprint density at radius 3 is 1.89 bits per heavy atom. The molecule has 0 radical (unpaired) electrons. The van der Waals surface area contributed by atoms with Crippen LogP contribution in [0.3, 0.4) is 0 Å². The fourth-order valence-electron chi connectivity index (χ4n) is 7.51. The summed E-state index contributed by atoms with van der Waals surface area (Å²) in [7, 11) is 0. The zero-order valence-electron chi connectivity index (χ0n) is 26.4. The van der Waals surface area contributed by atoms with Crippen LogP contribution in [-0.4, -0.2) is 0 Å². The zero-order valence-corrected chi connectivity index (χ0v) is 27.3. The number of anilines is 3. The van der Waals surface area contributed by atoms with Gasteiger partial charge in [-0.05, 0) is 87.5 Å². The van der Waals surface area contributed by atoms with Gasteiger partial charge in [-0.3, -0.25) is 0 Å². The molecule has 47 heavy (non-hydrogen) atoms. The van der Waals surface area contributed by atoms with Gasteiger partial charge in [0.1, 0.15) is 0 Å². The summed E-state index contributed by atoms with van der Waals surface area (Å²) in [4.78, 5) is 2.39. The Balaban J connectivity index is 1.14. The van der Waals surface area contributed by atoms with Crippen molar-refractivity contribution in [3.63, 3.8) is 0 Å². The molecule has 0 N–H and O–H groups in total. The van der Waals surface area contributed by atoms with Gasteiger partial charge in [0, 0.05) is 42.5 Å². The highest BCUT2D eigenvalue weighted by Gasteiger charge is 2.35. The highest BCUT2D eigenvalue weighted by Crippen LogP contribution is 2.50. The van der Waals surface area contributed by atoms with Gasteiger partial charge in [-0.2, -0.15) is 0 Å². The van der Waals surface area contributed by atoms with Gasteiger partial charge in [0.25, 0.3) is 0 Å². The molecule has 2 heteroatoms. The van der Waals surface area contributed by atoms with E-state index in [1.807, 2.05) is 11.3 Å². The first kappa shape index (κ1) is 27.8. The molecule has 1 aliphatic rings. The predicted octanol–water partition coefficient (Wildman–Crippen LogP) is 13.2. The molecule has 1 aliphatic carbocycles. The summed E-state index contributed by atoms with van der Waals surface area (Å²) in [6.07, 6.45) is 0. The third kappa shape index (κ3) is 4.52. The normalized spacial score (nSPS) is 13.1. The average molecular weight is 620 g/mol. The molecule has 0 saturated heterocycles.